The van der Waals surface area contributed by atoms with Crippen LogP contribution in [0.3, 0.4) is 0 Å². The Morgan fingerprint density at radius 3 is 2.64 bits per heavy atom. The number of hydrogen-bond acceptors (Lipinski definition) is 1. The lowest BCUT2D eigenvalue weighted by molar-refractivity contribution is -0.121. The maximum absolute atomic E-state index is 4.98. The summed E-state index contributed by atoms with van der Waals surface area (Å²) in [5.74, 6) is 1.88. The average molecular weight is 159 g/mol. The quantitative estimate of drug-likeness (QED) is 0.553. The molecule has 0 saturated heterocycles. The molecule has 1 saturated carbocycles. The topological polar surface area (TPSA) is 11.9 Å². The predicted octanol–water partition coefficient (Wildman–Crippen LogP) is 1.47. The number of ether oxygens (including phenoxy) is 1. The van der Waals surface area contributed by atoms with Crippen molar-refractivity contribution in [3.63, 3.8) is 0 Å². The van der Waals surface area contributed by atoms with Gasteiger partial charge in [-0.25, -0.2) is 0 Å². The van der Waals surface area contributed by atoms with Gasteiger partial charge in [-0.2, -0.15) is 0 Å². The molecule has 2 nitrogen and oxygen atoms in total. The van der Waals surface area contributed by atoms with Crippen LogP contribution in [-0.4, -0.2) is 34.0 Å². The molecule has 1 rings (SSSR count). The fourth-order valence-corrected chi connectivity index (χ4v) is 1.31. The van der Waals surface area contributed by atoms with Crippen molar-refractivity contribution in [3.05, 3.63) is 0 Å². The normalized spacial score (nSPS) is 29.5. The Morgan fingerprint density at radius 2 is 2.18 bits per heavy atom. The van der Waals surface area contributed by atoms with Gasteiger partial charge in [0.2, 0.25) is 0 Å². The Kier molecular flexibility index (Phi) is 3.34. The lowest BCUT2D eigenvalue weighted by Crippen LogP contribution is -2.17. The van der Waals surface area contributed by atoms with Crippen LogP contribution in [0, 0.1) is 11.8 Å². The SMILES string of the molecule is COCC[O+](C)CC1CC1C. The molecule has 0 heterocycles. The van der Waals surface area contributed by atoms with E-state index < -0.39 is 0 Å². The fourth-order valence-electron chi connectivity index (χ4n) is 1.31. The van der Waals surface area contributed by atoms with Gasteiger partial charge < -0.3 is 9.10 Å². The fraction of sp³-hybridized carbons (Fsp3) is 1.00. The van der Waals surface area contributed by atoms with Crippen molar-refractivity contribution < 1.29 is 9.10 Å². The van der Waals surface area contributed by atoms with E-state index in [1.54, 1.807) is 7.11 Å². The van der Waals surface area contributed by atoms with Crippen molar-refractivity contribution in [3.8, 4) is 0 Å². The van der Waals surface area contributed by atoms with Crippen LogP contribution < -0.4 is 0 Å². The second-order valence-corrected chi connectivity index (χ2v) is 3.62. The number of hydrogen-bond donors (Lipinski definition) is 0. The minimum atomic E-state index is 0.822. The largest absolute Gasteiger partial charge is 0.422 e. The molecule has 0 aliphatic heterocycles. The Balaban J connectivity index is 1.97. The maximum atomic E-state index is 4.98. The highest BCUT2D eigenvalue weighted by Gasteiger charge is 2.36. The third-order valence-electron chi connectivity index (χ3n) is 2.41. The third-order valence-corrected chi connectivity index (χ3v) is 2.41. The van der Waals surface area contributed by atoms with Gasteiger partial charge in [0.05, 0.1) is 0 Å². The van der Waals surface area contributed by atoms with Gasteiger partial charge in [0, 0.05) is 13.0 Å². The summed E-state index contributed by atoms with van der Waals surface area (Å²) in [7, 11) is 3.83. The summed E-state index contributed by atoms with van der Waals surface area (Å²) < 4.78 is 8.08. The van der Waals surface area contributed by atoms with Gasteiger partial charge in [0.25, 0.3) is 0 Å². The monoisotopic (exact) mass is 159 g/mol. The zero-order valence-electron chi connectivity index (χ0n) is 7.80. The first-order valence-electron chi connectivity index (χ1n) is 4.32. The van der Waals surface area contributed by atoms with Crippen molar-refractivity contribution in [2.24, 2.45) is 11.8 Å². The Bertz CT molecular complexity index is 114. The summed E-state index contributed by atoms with van der Waals surface area (Å²) in [6.45, 7) is 5.29. The van der Waals surface area contributed by atoms with Crippen LogP contribution >= 0.6 is 0 Å². The first-order valence-corrected chi connectivity index (χ1v) is 4.32. The van der Waals surface area contributed by atoms with Gasteiger partial charge in [0.1, 0.15) is 20.3 Å². The molecule has 2 heteroatoms. The molecular formula is C9H19O2+. The minimum Gasteiger partial charge on any atom is -0.422 e. The summed E-state index contributed by atoms with van der Waals surface area (Å²) in [6, 6.07) is 0. The molecule has 0 aromatic heterocycles. The van der Waals surface area contributed by atoms with Gasteiger partial charge in [-0.1, -0.05) is 6.92 Å². The molecule has 0 spiro atoms. The molecule has 0 aromatic rings. The highest BCUT2D eigenvalue weighted by Crippen LogP contribution is 2.38. The van der Waals surface area contributed by atoms with Gasteiger partial charge in [-0.05, 0) is 12.3 Å². The van der Waals surface area contributed by atoms with Crippen molar-refractivity contribution in [2.45, 2.75) is 13.3 Å². The van der Waals surface area contributed by atoms with Crippen molar-refractivity contribution in [2.75, 3.05) is 34.0 Å². The predicted molar refractivity (Wildman–Crippen MR) is 45.9 cm³/mol. The average Bonchev–Trinajstić information content (AvgIpc) is 2.62. The Morgan fingerprint density at radius 1 is 1.55 bits per heavy atom. The van der Waals surface area contributed by atoms with E-state index in [9.17, 15) is 0 Å². The second-order valence-electron chi connectivity index (χ2n) is 3.62. The summed E-state index contributed by atoms with van der Waals surface area (Å²) in [5.41, 5.74) is 0. The van der Waals surface area contributed by atoms with E-state index in [1.165, 1.54) is 13.0 Å². The molecule has 66 valence electrons. The third kappa shape index (κ3) is 3.21. The number of methoxy groups -OCH3 is 1. The van der Waals surface area contributed by atoms with Crippen molar-refractivity contribution >= 4 is 0 Å². The first-order chi connectivity index (χ1) is 5.24. The standard InChI is InChI=1S/C9H19O2/c1-8-6-9(8)7-11(3)5-4-10-2/h8-9H,4-7H2,1-3H3/q+1. The van der Waals surface area contributed by atoms with E-state index in [1.807, 2.05) is 0 Å². The first kappa shape index (κ1) is 9.01. The molecule has 1 aliphatic rings. The van der Waals surface area contributed by atoms with E-state index in [4.69, 9.17) is 4.74 Å². The van der Waals surface area contributed by atoms with E-state index >= 15 is 0 Å². The molecule has 2 unspecified atom stereocenters. The molecule has 1 aliphatic carbocycles. The Hall–Kier alpha value is -0.0800. The van der Waals surface area contributed by atoms with Gasteiger partial charge in [-0.3, -0.25) is 0 Å². The number of rotatable bonds is 5. The summed E-state index contributed by atoms with van der Waals surface area (Å²) in [5, 5.41) is 0. The van der Waals surface area contributed by atoms with Crippen LogP contribution in [-0.2, 0) is 9.10 Å². The lowest BCUT2D eigenvalue weighted by Gasteiger charge is -2.12. The molecular weight excluding hydrogens is 140 g/mol. The zero-order chi connectivity index (χ0) is 8.27. The van der Waals surface area contributed by atoms with Crippen LogP contribution in [0.2, 0.25) is 0 Å². The van der Waals surface area contributed by atoms with Crippen LogP contribution in [0.15, 0.2) is 0 Å². The summed E-state index contributed by atoms with van der Waals surface area (Å²) >= 11 is 0. The molecule has 0 amide bonds. The molecule has 1 fully saturated rings. The van der Waals surface area contributed by atoms with Crippen molar-refractivity contribution in [1.82, 2.24) is 0 Å². The summed E-state index contributed by atoms with van der Waals surface area (Å²) in [6.07, 6.45) is 1.41. The highest BCUT2D eigenvalue weighted by molar-refractivity contribution is 4.82. The smallest absolute Gasteiger partial charge is 0.169 e. The van der Waals surface area contributed by atoms with Gasteiger partial charge >= 0.3 is 0 Å². The summed E-state index contributed by atoms with van der Waals surface area (Å²) in [4.78, 5) is 0. The molecule has 2 atom stereocenters. The van der Waals surface area contributed by atoms with E-state index in [0.29, 0.717) is 0 Å². The van der Waals surface area contributed by atoms with Crippen LogP contribution in [0.4, 0.5) is 0 Å². The van der Waals surface area contributed by atoms with Gasteiger partial charge in [0.15, 0.2) is 6.61 Å². The van der Waals surface area contributed by atoms with Crippen LogP contribution in [0.5, 0.6) is 0 Å². The lowest BCUT2D eigenvalue weighted by atomic mass is 10.4. The molecule has 11 heavy (non-hydrogen) atoms. The zero-order valence-corrected chi connectivity index (χ0v) is 7.80. The second kappa shape index (κ2) is 4.07. The van der Waals surface area contributed by atoms with E-state index in [-0.39, 0.29) is 0 Å². The van der Waals surface area contributed by atoms with E-state index in [0.717, 1.165) is 25.0 Å². The molecule has 0 aromatic carbocycles. The maximum Gasteiger partial charge on any atom is 0.169 e. The van der Waals surface area contributed by atoms with Gasteiger partial charge in [-0.15, -0.1) is 0 Å². The Labute approximate surface area is 69.2 Å². The molecule has 0 N–H and O–H groups in total. The van der Waals surface area contributed by atoms with Crippen LogP contribution in [0.1, 0.15) is 13.3 Å². The van der Waals surface area contributed by atoms with Crippen LogP contribution in [0.25, 0.3) is 0 Å². The molecule has 0 radical (unpaired) electrons. The molecule has 0 bridgehead atoms. The minimum absolute atomic E-state index is 0.822. The highest BCUT2D eigenvalue weighted by atomic mass is 16.7. The van der Waals surface area contributed by atoms with E-state index in [2.05, 4.69) is 18.4 Å². The van der Waals surface area contributed by atoms with Crippen molar-refractivity contribution in [1.29, 1.82) is 0 Å².